The Labute approximate surface area is 166 Å². The van der Waals surface area contributed by atoms with Crippen molar-refractivity contribution in [2.45, 2.75) is 21.3 Å². The van der Waals surface area contributed by atoms with Gasteiger partial charge in [-0.15, -0.1) is 23.1 Å². The monoisotopic (exact) mass is 421 g/mol. The molecule has 4 heterocycles. The van der Waals surface area contributed by atoms with Crippen molar-refractivity contribution in [1.82, 2.24) is 14.6 Å². The van der Waals surface area contributed by atoms with Gasteiger partial charge >= 0.3 is 0 Å². The Hall–Kier alpha value is -1.68. The Bertz CT molecular complexity index is 944. The predicted octanol–water partition coefficient (Wildman–Crippen LogP) is 2.56. The van der Waals surface area contributed by atoms with Crippen molar-refractivity contribution in [3.8, 4) is 10.6 Å². The minimum Gasteiger partial charge on any atom is -0.341 e. The largest absolute Gasteiger partial charge is 0.341 e. The molecule has 3 atom stereocenters. The summed E-state index contributed by atoms with van der Waals surface area (Å²) in [6.07, 6.45) is 3.75. The van der Waals surface area contributed by atoms with Gasteiger partial charge in [0, 0.05) is 24.5 Å². The molecule has 1 amide bonds. The van der Waals surface area contributed by atoms with Crippen LogP contribution in [0.3, 0.4) is 0 Å². The molecule has 0 radical (unpaired) electrons. The van der Waals surface area contributed by atoms with Crippen LogP contribution in [0.2, 0.25) is 0 Å². The molecule has 9 heteroatoms. The van der Waals surface area contributed by atoms with Gasteiger partial charge < -0.3 is 5.32 Å². The van der Waals surface area contributed by atoms with Crippen molar-refractivity contribution in [1.29, 1.82) is 0 Å². The molecule has 0 bridgehead atoms. The summed E-state index contributed by atoms with van der Waals surface area (Å²) in [6, 6.07) is 9.07. The number of amides is 1. The quantitative estimate of drug-likeness (QED) is 0.751. The Morgan fingerprint density at radius 3 is 2.85 bits per heavy atom. The zero-order chi connectivity index (χ0) is 19.0. The van der Waals surface area contributed by atoms with E-state index < -0.39 is 10.0 Å². The van der Waals surface area contributed by atoms with Gasteiger partial charge in [0.2, 0.25) is 5.91 Å². The number of aromatic nitrogens is 1. The zero-order valence-corrected chi connectivity index (χ0v) is 16.9. The average Bonchev–Trinajstić information content (AvgIpc) is 3.37. The Balaban J connectivity index is 1.45. The van der Waals surface area contributed by atoms with E-state index in [1.807, 2.05) is 24.3 Å². The van der Waals surface area contributed by atoms with E-state index in [0.29, 0.717) is 17.3 Å². The Morgan fingerprint density at radius 1 is 1.30 bits per heavy atom. The SMILES string of the molecule is C=CC(=O)NC1CC2CN(S(=O)(=O)c3ccc(-c4ccccn4)s3)CC2S1. The first kappa shape index (κ1) is 18.7. The number of hydrogen-bond donors (Lipinski definition) is 1. The molecule has 3 unspecified atom stereocenters. The standard InChI is InChI=1S/C18H19N3O3S3/c1-2-16(22)20-17-9-12-10-21(11-15(12)25-17)27(23,24)18-7-6-14(26-18)13-5-3-4-8-19-13/h2-8,12,15,17H,1,9-11H2,(H,20,22). The lowest BCUT2D eigenvalue weighted by Crippen LogP contribution is -2.33. The summed E-state index contributed by atoms with van der Waals surface area (Å²) in [5.74, 6) is 0.0766. The number of hydrogen-bond acceptors (Lipinski definition) is 6. The molecule has 6 nitrogen and oxygen atoms in total. The van der Waals surface area contributed by atoms with Crippen LogP contribution < -0.4 is 5.32 Å². The van der Waals surface area contributed by atoms with Crippen LogP contribution >= 0.6 is 23.1 Å². The van der Waals surface area contributed by atoms with Gasteiger partial charge in [0.1, 0.15) is 4.21 Å². The summed E-state index contributed by atoms with van der Waals surface area (Å²) in [4.78, 5) is 16.6. The molecular weight excluding hydrogens is 402 g/mol. The van der Waals surface area contributed by atoms with Crippen LogP contribution in [0.5, 0.6) is 0 Å². The first-order valence-corrected chi connectivity index (χ1v) is 11.8. The second-order valence-corrected chi connectivity index (χ2v) is 11.2. The molecule has 0 aliphatic carbocycles. The lowest BCUT2D eigenvalue weighted by atomic mass is 10.1. The minimum absolute atomic E-state index is 0.0350. The summed E-state index contributed by atoms with van der Waals surface area (Å²) < 4.78 is 28.0. The third kappa shape index (κ3) is 3.69. The molecule has 142 valence electrons. The number of carbonyl (C=O) groups excluding carboxylic acids is 1. The Kier molecular flexibility index (Phi) is 5.11. The molecule has 27 heavy (non-hydrogen) atoms. The number of nitrogens with zero attached hydrogens (tertiary/aromatic N) is 2. The van der Waals surface area contributed by atoms with Crippen LogP contribution in [-0.2, 0) is 14.8 Å². The normalized spacial score (nSPS) is 25.3. The predicted molar refractivity (Wildman–Crippen MR) is 108 cm³/mol. The van der Waals surface area contributed by atoms with Gasteiger partial charge in [-0.1, -0.05) is 12.6 Å². The number of nitrogens with one attached hydrogen (secondary N) is 1. The summed E-state index contributed by atoms with van der Waals surface area (Å²) in [7, 11) is -3.51. The molecule has 2 saturated heterocycles. The van der Waals surface area contributed by atoms with Crippen molar-refractivity contribution in [3.05, 3.63) is 49.2 Å². The number of thiophene rings is 1. The Morgan fingerprint density at radius 2 is 2.15 bits per heavy atom. The van der Waals surface area contributed by atoms with Crippen LogP contribution in [0.15, 0.2) is 53.4 Å². The highest BCUT2D eigenvalue weighted by molar-refractivity contribution is 8.00. The molecule has 0 aromatic carbocycles. The summed E-state index contributed by atoms with van der Waals surface area (Å²) in [5.41, 5.74) is 0.776. The molecule has 1 N–H and O–H groups in total. The second-order valence-electron chi connectivity index (χ2n) is 6.53. The molecular formula is C18H19N3O3S3. The van der Waals surface area contributed by atoms with E-state index in [0.717, 1.165) is 17.0 Å². The van der Waals surface area contributed by atoms with E-state index in [-0.39, 0.29) is 22.4 Å². The molecule has 2 aliphatic heterocycles. The first-order chi connectivity index (χ1) is 13.0. The van der Waals surface area contributed by atoms with Crippen molar-refractivity contribution < 1.29 is 13.2 Å². The van der Waals surface area contributed by atoms with Gasteiger partial charge in [-0.25, -0.2) is 8.42 Å². The third-order valence-corrected chi connectivity index (χ3v) is 9.71. The van der Waals surface area contributed by atoms with Crippen LogP contribution in [0.25, 0.3) is 10.6 Å². The summed E-state index contributed by atoms with van der Waals surface area (Å²) >= 11 is 2.90. The highest BCUT2D eigenvalue weighted by Gasteiger charge is 2.46. The minimum atomic E-state index is -3.51. The van der Waals surface area contributed by atoms with Crippen LogP contribution in [-0.4, -0.2) is 47.3 Å². The molecule has 2 fully saturated rings. The van der Waals surface area contributed by atoms with Crippen molar-refractivity contribution >= 4 is 39.0 Å². The van der Waals surface area contributed by atoms with Crippen molar-refractivity contribution in [2.24, 2.45) is 5.92 Å². The number of pyridine rings is 1. The smallest absolute Gasteiger partial charge is 0.252 e. The highest BCUT2D eigenvalue weighted by atomic mass is 32.2. The molecule has 2 aromatic rings. The van der Waals surface area contributed by atoms with Crippen LogP contribution in [0.1, 0.15) is 6.42 Å². The fraction of sp³-hybridized carbons (Fsp3) is 0.333. The van der Waals surface area contributed by atoms with Gasteiger partial charge in [0.25, 0.3) is 10.0 Å². The summed E-state index contributed by atoms with van der Waals surface area (Å²) in [5, 5.41) is 3.15. The lowest BCUT2D eigenvalue weighted by Gasteiger charge is -2.18. The molecule has 4 rings (SSSR count). The van der Waals surface area contributed by atoms with E-state index in [9.17, 15) is 13.2 Å². The number of rotatable bonds is 5. The molecule has 2 aliphatic rings. The van der Waals surface area contributed by atoms with E-state index >= 15 is 0 Å². The zero-order valence-electron chi connectivity index (χ0n) is 14.4. The third-order valence-electron chi connectivity index (χ3n) is 4.78. The van der Waals surface area contributed by atoms with E-state index in [1.54, 1.807) is 28.3 Å². The highest BCUT2D eigenvalue weighted by Crippen LogP contribution is 2.44. The van der Waals surface area contributed by atoms with Gasteiger partial charge in [0.15, 0.2) is 0 Å². The molecule has 0 saturated carbocycles. The number of fused-ring (bicyclic) bond motifs is 1. The fourth-order valence-electron chi connectivity index (χ4n) is 3.46. The van der Waals surface area contributed by atoms with Crippen molar-refractivity contribution in [3.63, 3.8) is 0 Å². The van der Waals surface area contributed by atoms with Gasteiger partial charge in [0.05, 0.1) is 15.9 Å². The number of sulfonamides is 1. The fourth-order valence-corrected chi connectivity index (χ4v) is 8.17. The second kappa shape index (κ2) is 7.38. The van der Waals surface area contributed by atoms with E-state index in [4.69, 9.17) is 0 Å². The van der Waals surface area contributed by atoms with Gasteiger partial charge in [-0.3, -0.25) is 9.78 Å². The maximum atomic E-state index is 13.0. The topological polar surface area (TPSA) is 79.4 Å². The van der Waals surface area contributed by atoms with E-state index in [1.165, 1.54) is 17.4 Å². The van der Waals surface area contributed by atoms with Gasteiger partial charge in [-0.2, -0.15) is 4.31 Å². The van der Waals surface area contributed by atoms with Crippen LogP contribution in [0.4, 0.5) is 0 Å². The van der Waals surface area contributed by atoms with Crippen LogP contribution in [0, 0.1) is 5.92 Å². The van der Waals surface area contributed by atoms with Crippen molar-refractivity contribution in [2.75, 3.05) is 13.1 Å². The van der Waals surface area contributed by atoms with Gasteiger partial charge in [-0.05, 0) is 42.7 Å². The molecule has 0 spiro atoms. The number of thioether (sulfide) groups is 1. The molecule has 2 aromatic heterocycles. The van der Waals surface area contributed by atoms with E-state index in [2.05, 4.69) is 16.9 Å². The maximum absolute atomic E-state index is 13.0. The maximum Gasteiger partial charge on any atom is 0.252 e. The first-order valence-electron chi connectivity index (χ1n) is 8.57. The number of carbonyl (C=O) groups is 1. The summed E-state index contributed by atoms with van der Waals surface area (Å²) in [6.45, 7) is 4.44. The lowest BCUT2D eigenvalue weighted by molar-refractivity contribution is -0.116. The average molecular weight is 422 g/mol.